The molecule has 0 unspecified atom stereocenters. The standard InChI is InChI=1S/C25H25ClFN5OS/c1-28-24-15-31(25(33)11-10-22-16-34-17-29-22)12-13-32(24)23(14-18-2-6-20(27)7-3-18)30-21-8-4-19(26)5-9-21/h2-9,14,16-17,30H,10-13,15H2,1H3/b23-14+,28-24?. The van der Waals surface area contributed by atoms with Crippen LogP contribution in [0.2, 0.25) is 5.02 Å². The van der Waals surface area contributed by atoms with E-state index in [9.17, 15) is 9.18 Å². The molecule has 1 saturated heterocycles. The van der Waals surface area contributed by atoms with Gasteiger partial charge in [-0.1, -0.05) is 23.7 Å². The number of carbonyl (C=O) groups excluding carboxylic acids is 1. The lowest BCUT2D eigenvalue weighted by atomic mass is 10.1. The highest BCUT2D eigenvalue weighted by atomic mass is 35.5. The van der Waals surface area contributed by atoms with Gasteiger partial charge in [0.1, 0.15) is 17.5 Å². The van der Waals surface area contributed by atoms with Gasteiger partial charge in [-0.25, -0.2) is 9.37 Å². The molecule has 0 radical (unpaired) electrons. The van der Waals surface area contributed by atoms with Crippen molar-refractivity contribution >= 4 is 46.4 Å². The van der Waals surface area contributed by atoms with Gasteiger partial charge >= 0.3 is 0 Å². The molecular weight excluding hydrogens is 473 g/mol. The number of hydrogen-bond acceptors (Lipinski definition) is 5. The Hall–Kier alpha value is -3.23. The van der Waals surface area contributed by atoms with E-state index in [4.69, 9.17) is 11.6 Å². The van der Waals surface area contributed by atoms with Crippen LogP contribution in [0.15, 0.2) is 70.2 Å². The molecule has 34 heavy (non-hydrogen) atoms. The molecule has 1 N–H and O–H groups in total. The number of amidine groups is 1. The average Bonchev–Trinajstić information content (AvgIpc) is 3.38. The van der Waals surface area contributed by atoms with Gasteiger partial charge in [-0.2, -0.15) is 0 Å². The lowest BCUT2D eigenvalue weighted by Gasteiger charge is -2.38. The Labute approximate surface area is 207 Å². The Bertz CT molecular complexity index is 1160. The number of amides is 1. The number of hydrogen-bond donors (Lipinski definition) is 1. The summed E-state index contributed by atoms with van der Waals surface area (Å²) in [5.74, 6) is 1.35. The van der Waals surface area contributed by atoms with Crippen LogP contribution in [0.3, 0.4) is 0 Å². The van der Waals surface area contributed by atoms with Crippen LogP contribution in [0.1, 0.15) is 17.7 Å². The number of aromatic nitrogens is 1. The fraction of sp³-hybridized carbons (Fsp3) is 0.240. The number of aliphatic imine (C=N–C) groups is 1. The second kappa shape index (κ2) is 11.3. The molecule has 1 fully saturated rings. The summed E-state index contributed by atoms with van der Waals surface area (Å²) < 4.78 is 13.4. The fourth-order valence-electron chi connectivity index (χ4n) is 3.68. The van der Waals surface area contributed by atoms with Crippen LogP contribution in [0, 0.1) is 5.82 Å². The van der Waals surface area contributed by atoms with Crippen LogP contribution in [0.5, 0.6) is 0 Å². The Balaban J connectivity index is 1.52. The largest absolute Gasteiger partial charge is 0.342 e. The van der Waals surface area contributed by atoms with Crippen LogP contribution in [0.4, 0.5) is 10.1 Å². The highest BCUT2D eigenvalue weighted by molar-refractivity contribution is 7.07. The van der Waals surface area contributed by atoms with Crippen molar-refractivity contribution in [3.8, 4) is 0 Å². The van der Waals surface area contributed by atoms with Gasteiger partial charge in [-0.05, 0) is 54.5 Å². The minimum absolute atomic E-state index is 0.0866. The molecular formula is C25H25ClFN5OS. The molecule has 1 aliphatic heterocycles. The summed E-state index contributed by atoms with van der Waals surface area (Å²) >= 11 is 7.58. The summed E-state index contributed by atoms with van der Waals surface area (Å²) in [6, 6.07) is 13.7. The monoisotopic (exact) mass is 497 g/mol. The predicted octanol–water partition coefficient (Wildman–Crippen LogP) is 5.15. The number of aryl methyl sites for hydroxylation is 1. The van der Waals surface area contributed by atoms with E-state index >= 15 is 0 Å². The van der Waals surface area contributed by atoms with E-state index in [1.807, 2.05) is 40.6 Å². The third kappa shape index (κ3) is 6.21. The van der Waals surface area contributed by atoms with Crippen molar-refractivity contribution < 1.29 is 9.18 Å². The first-order chi connectivity index (χ1) is 16.5. The molecule has 3 aromatic rings. The van der Waals surface area contributed by atoms with Gasteiger partial charge in [0, 0.05) is 42.6 Å². The lowest BCUT2D eigenvalue weighted by Crippen LogP contribution is -2.52. The van der Waals surface area contributed by atoms with E-state index < -0.39 is 0 Å². The first-order valence-corrected chi connectivity index (χ1v) is 12.2. The lowest BCUT2D eigenvalue weighted by molar-refractivity contribution is -0.131. The molecule has 1 aliphatic rings. The third-order valence-corrected chi connectivity index (χ3v) is 6.39. The number of rotatable bonds is 7. The van der Waals surface area contributed by atoms with Crippen molar-refractivity contribution in [3.05, 3.63) is 87.3 Å². The zero-order valence-electron chi connectivity index (χ0n) is 18.7. The first kappa shape index (κ1) is 23.9. The van der Waals surface area contributed by atoms with Gasteiger partial charge < -0.3 is 15.1 Å². The maximum Gasteiger partial charge on any atom is 0.223 e. The van der Waals surface area contributed by atoms with Crippen LogP contribution < -0.4 is 5.32 Å². The molecule has 2 aromatic carbocycles. The van der Waals surface area contributed by atoms with Gasteiger partial charge in [-0.3, -0.25) is 9.79 Å². The summed E-state index contributed by atoms with van der Waals surface area (Å²) in [6.45, 7) is 1.55. The summed E-state index contributed by atoms with van der Waals surface area (Å²) in [4.78, 5) is 25.5. The molecule has 0 bridgehead atoms. The van der Waals surface area contributed by atoms with Crippen LogP contribution in [-0.4, -0.2) is 53.2 Å². The summed E-state index contributed by atoms with van der Waals surface area (Å²) in [6.07, 6.45) is 3.00. The quantitative estimate of drug-likeness (QED) is 0.490. The van der Waals surface area contributed by atoms with Crippen molar-refractivity contribution in [2.75, 3.05) is 32.0 Å². The van der Waals surface area contributed by atoms with Gasteiger partial charge in [-0.15, -0.1) is 11.3 Å². The number of thiazole rings is 1. The topological polar surface area (TPSA) is 60.8 Å². The molecule has 1 amide bonds. The normalized spacial score (nSPS) is 15.6. The predicted molar refractivity (Wildman–Crippen MR) is 137 cm³/mol. The number of halogens is 2. The molecule has 0 atom stereocenters. The number of anilines is 1. The summed E-state index contributed by atoms with van der Waals surface area (Å²) in [5, 5.41) is 6.05. The molecule has 1 aromatic heterocycles. The number of nitrogens with one attached hydrogen (secondary N) is 1. The zero-order chi connectivity index (χ0) is 23.9. The second-order valence-corrected chi connectivity index (χ2v) is 8.95. The first-order valence-electron chi connectivity index (χ1n) is 10.9. The van der Waals surface area contributed by atoms with E-state index in [2.05, 4.69) is 20.2 Å². The Morgan fingerprint density at radius 3 is 2.65 bits per heavy atom. The molecule has 0 aliphatic carbocycles. The smallest absolute Gasteiger partial charge is 0.223 e. The van der Waals surface area contributed by atoms with E-state index in [0.29, 0.717) is 37.5 Å². The zero-order valence-corrected chi connectivity index (χ0v) is 20.3. The number of carbonyl (C=O) groups is 1. The van der Waals surface area contributed by atoms with Crippen molar-refractivity contribution in [3.63, 3.8) is 0 Å². The van der Waals surface area contributed by atoms with Crippen molar-refractivity contribution in [1.29, 1.82) is 0 Å². The number of nitrogens with zero attached hydrogens (tertiary/aromatic N) is 4. The SMILES string of the molecule is CN=C1CN(C(=O)CCc2cscn2)CCN1/C(=C/c1ccc(F)cc1)Nc1ccc(Cl)cc1. The van der Waals surface area contributed by atoms with Gasteiger partial charge in [0.15, 0.2) is 0 Å². The van der Waals surface area contributed by atoms with E-state index in [1.54, 1.807) is 24.7 Å². The van der Waals surface area contributed by atoms with E-state index in [0.717, 1.165) is 28.6 Å². The second-order valence-electron chi connectivity index (χ2n) is 7.80. The fourth-order valence-corrected chi connectivity index (χ4v) is 4.40. The molecule has 0 spiro atoms. The molecule has 2 heterocycles. The number of piperazine rings is 1. The summed E-state index contributed by atoms with van der Waals surface area (Å²) in [5.41, 5.74) is 4.42. The van der Waals surface area contributed by atoms with Crippen LogP contribution >= 0.6 is 22.9 Å². The molecule has 6 nitrogen and oxygen atoms in total. The molecule has 0 saturated carbocycles. The van der Waals surface area contributed by atoms with Crippen LogP contribution in [-0.2, 0) is 11.2 Å². The molecule has 4 rings (SSSR count). The van der Waals surface area contributed by atoms with Crippen molar-refractivity contribution in [2.45, 2.75) is 12.8 Å². The highest BCUT2D eigenvalue weighted by Crippen LogP contribution is 2.21. The van der Waals surface area contributed by atoms with E-state index in [-0.39, 0.29) is 11.7 Å². The Kier molecular flexibility index (Phi) is 7.92. The Morgan fingerprint density at radius 2 is 1.97 bits per heavy atom. The molecule has 176 valence electrons. The molecule has 9 heteroatoms. The Morgan fingerprint density at radius 1 is 1.21 bits per heavy atom. The summed E-state index contributed by atoms with van der Waals surface area (Å²) in [7, 11) is 1.73. The van der Waals surface area contributed by atoms with Gasteiger partial charge in [0.2, 0.25) is 5.91 Å². The maximum atomic E-state index is 13.4. The minimum atomic E-state index is -0.287. The van der Waals surface area contributed by atoms with Crippen LogP contribution in [0.25, 0.3) is 6.08 Å². The highest BCUT2D eigenvalue weighted by Gasteiger charge is 2.27. The minimum Gasteiger partial charge on any atom is -0.342 e. The van der Waals surface area contributed by atoms with Gasteiger partial charge in [0.25, 0.3) is 0 Å². The van der Waals surface area contributed by atoms with Gasteiger partial charge in [0.05, 0.1) is 17.7 Å². The van der Waals surface area contributed by atoms with Crippen molar-refractivity contribution in [1.82, 2.24) is 14.8 Å². The maximum absolute atomic E-state index is 13.4. The number of benzene rings is 2. The average molecular weight is 498 g/mol. The van der Waals surface area contributed by atoms with Crippen molar-refractivity contribution in [2.24, 2.45) is 4.99 Å². The third-order valence-electron chi connectivity index (χ3n) is 5.51. The van der Waals surface area contributed by atoms with E-state index in [1.165, 1.54) is 23.5 Å².